The molecular weight excluding hydrogens is 279 g/mol. The Balaban J connectivity index is 2.36. The summed E-state index contributed by atoms with van der Waals surface area (Å²) >= 11 is 1.29. The molecule has 0 aliphatic heterocycles. The van der Waals surface area contributed by atoms with E-state index in [1.165, 1.54) is 22.4 Å². The van der Waals surface area contributed by atoms with E-state index >= 15 is 0 Å². The van der Waals surface area contributed by atoms with E-state index in [1.807, 2.05) is 6.92 Å². The normalized spacial score (nSPS) is 14.2. The number of nitrogens with two attached hydrogens (primary N) is 1. The number of nitrogens with zero attached hydrogens (tertiary/aromatic N) is 2. The molecule has 108 valence electrons. The highest BCUT2D eigenvalue weighted by Crippen LogP contribution is 2.37. The largest absolute Gasteiger partial charge is 0.343 e. The van der Waals surface area contributed by atoms with Gasteiger partial charge in [-0.25, -0.2) is 14.3 Å². The van der Waals surface area contributed by atoms with Crippen molar-refractivity contribution in [2.24, 2.45) is 12.8 Å². The minimum atomic E-state index is -0.301. The first-order valence-corrected chi connectivity index (χ1v) is 7.20. The topological polar surface area (TPSA) is 76.7 Å². The lowest BCUT2D eigenvalue weighted by molar-refractivity contribution is 0.571. The molecule has 0 fully saturated rings. The molecule has 2 rings (SSSR count). The molecule has 0 saturated carbocycles. The van der Waals surface area contributed by atoms with Gasteiger partial charge in [-0.1, -0.05) is 36.9 Å². The van der Waals surface area contributed by atoms with Crippen molar-refractivity contribution >= 4 is 11.8 Å². The minimum absolute atomic E-state index is 0.233. The summed E-state index contributed by atoms with van der Waals surface area (Å²) in [4.78, 5) is 11.4. The Hall–Kier alpha value is -1.60. The first-order valence-electron chi connectivity index (χ1n) is 6.32. The molecule has 2 atom stereocenters. The highest BCUT2D eigenvalue weighted by molar-refractivity contribution is 7.99. The molecule has 5 nitrogen and oxygen atoms in total. The summed E-state index contributed by atoms with van der Waals surface area (Å²) in [6.45, 7) is 1.95. The van der Waals surface area contributed by atoms with E-state index in [-0.39, 0.29) is 22.8 Å². The van der Waals surface area contributed by atoms with Crippen molar-refractivity contribution in [1.29, 1.82) is 0 Å². The Labute approximate surface area is 120 Å². The number of benzene rings is 1. The number of halogens is 1. The van der Waals surface area contributed by atoms with Gasteiger partial charge in [-0.05, 0) is 12.5 Å². The van der Waals surface area contributed by atoms with Crippen molar-refractivity contribution in [2.45, 2.75) is 29.8 Å². The molecule has 0 aliphatic carbocycles. The van der Waals surface area contributed by atoms with Gasteiger partial charge in [-0.15, -0.1) is 5.10 Å². The monoisotopic (exact) mass is 296 g/mol. The Bertz CT molecular complexity index is 639. The Kier molecular flexibility index (Phi) is 4.61. The smallest absolute Gasteiger partial charge is 0.326 e. The lowest BCUT2D eigenvalue weighted by Crippen LogP contribution is -2.26. The lowest BCUT2D eigenvalue weighted by Gasteiger charge is -2.22. The van der Waals surface area contributed by atoms with Crippen molar-refractivity contribution in [3.63, 3.8) is 0 Å². The van der Waals surface area contributed by atoms with Gasteiger partial charge in [0.1, 0.15) is 5.82 Å². The average Bonchev–Trinajstić information content (AvgIpc) is 2.76. The molecule has 0 amide bonds. The average molecular weight is 296 g/mol. The summed E-state index contributed by atoms with van der Waals surface area (Å²) in [7, 11) is 1.62. The first kappa shape index (κ1) is 14.8. The van der Waals surface area contributed by atoms with Gasteiger partial charge >= 0.3 is 5.69 Å². The van der Waals surface area contributed by atoms with Crippen molar-refractivity contribution in [2.75, 3.05) is 0 Å². The fraction of sp³-hybridized carbons (Fsp3) is 0.385. The van der Waals surface area contributed by atoms with E-state index in [9.17, 15) is 9.18 Å². The number of H-pyrrole nitrogens is 1. The van der Waals surface area contributed by atoms with E-state index < -0.39 is 0 Å². The van der Waals surface area contributed by atoms with Gasteiger partial charge < -0.3 is 5.73 Å². The molecule has 3 N–H and O–H groups in total. The second kappa shape index (κ2) is 6.23. The van der Waals surface area contributed by atoms with Crippen LogP contribution in [-0.2, 0) is 7.05 Å². The summed E-state index contributed by atoms with van der Waals surface area (Å²) in [6, 6.07) is 6.31. The van der Waals surface area contributed by atoms with Gasteiger partial charge in [-0.3, -0.25) is 4.57 Å². The fourth-order valence-corrected chi connectivity index (χ4v) is 3.10. The van der Waals surface area contributed by atoms with Crippen LogP contribution in [0.5, 0.6) is 0 Å². The zero-order chi connectivity index (χ0) is 14.7. The quantitative estimate of drug-likeness (QED) is 0.825. The highest BCUT2D eigenvalue weighted by atomic mass is 32.2. The van der Waals surface area contributed by atoms with E-state index in [1.54, 1.807) is 25.2 Å². The Morgan fingerprint density at radius 3 is 2.75 bits per heavy atom. The number of hydrogen-bond acceptors (Lipinski definition) is 4. The summed E-state index contributed by atoms with van der Waals surface area (Å²) in [5.41, 5.74) is 6.34. The number of aromatic amines is 1. The Morgan fingerprint density at radius 2 is 2.20 bits per heavy atom. The third-order valence-corrected chi connectivity index (χ3v) is 4.58. The van der Waals surface area contributed by atoms with Crippen LogP contribution in [0.25, 0.3) is 0 Å². The molecule has 0 aliphatic rings. The van der Waals surface area contributed by atoms with Crippen molar-refractivity contribution in [1.82, 2.24) is 14.8 Å². The number of rotatable bonds is 5. The van der Waals surface area contributed by atoms with Gasteiger partial charge in [0.25, 0.3) is 0 Å². The summed E-state index contributed by atoms with van der Waals surface area (Å²) in [6.07, 6.45) is 0.699. The summed E-state index contributed by atoms with van der Waals surface area (Å²) in [5.74, 6) is -0.297. The Morgan fingerprint density at radius 1 is 1.50 bits per heavy atom. The van der Waals surface area contributed by atoms with Crippen LogP contribution in [0.1, 0.15) is 24.2 Å². The number of thioether (sulfide) groups is 1. The molecule has 1 aromatic heterocycles. The molecule has 1 aromatic carbocycles. The minimum Gasteiger partial charge on any atom is -0.326 e. The second-order valence-electron chi connectivity index (χ2n) is 4.50. The van der Waals surface area contributed by atoms with E-state index in [2.05, 4.69) is 10.2 Å². The number of hydrogen-bond donors (Lipinski definition) is 2. The maximum Gasteiger partial charge on any atom is 0.343 e. The molecule has 0 spiro atoms. The second-order valence-corrected chi connectivity index (χ2v) is 5.61. The standard InChI is InChI=1S/C13H17FN4OS/c1-3-10(15)11(8-6-4-5-7-9(8)14)20-13-17-16-12(19)18(13)2/h4-7,10-11H,3,15H2,1-2H3,(H,16,19). The van der Waals surface area contributed by atoms with Crippen LogP contribution in [-0.4, -0.2) is 20.8 Å². The van der Waals surface area contributed by atoms with E-state index in [4.69, 9.17) is 5.73 Å². The third-order valence-electron chi connectivity index (χ3n) is 3.14. The van der Waals surface area contributed by atoms with Crippen LogP contribution in [0, 0.1) is 5.82 Å². The van der Waals surface area contributed by atoms with E-state index in [0.717, 1.165) is 0 Å². The fourth-order valence-electron chi connectivity index (χ4n) is 1.85. The molecule has 1 heterocycles. The van der Waals surface area contributed by atoms with Gasteiger partial charge in [0.2, 0.25) is 0 Å². The highest BCUT2D eigenvalue weighted by Gasteiger charge is 2.24. The van der Waals surface area contributed by atoms with Gasteiger partial charge in [0.05, 0.1) is 5.25 Å². The van der Waals surface area contributed by atoms with Crippen molar-refractivity contribution < 1.29 is 4.39 Å². The van der Waals surface area contributed by atoms with Gasteiger partial charge in [-0.2, -0.15) is 0 Å². The molecule has 20 heavy (non-hydrogen) atoms. The zero-order valence-corrected chi connectivity index (χ0v) is 12.2. The van der Waals surface area contributed by atoms with Crippen LogP contribution >= 0.6 is 11.8 Å². The molecule has 0 saturated heterocycles. The van der Waals surface area contributed by atoms with Crippen LogP contribution < -0.4 is 11.4 Å². The van der Waals surface area contributed by atoms with Crippen molar-refractivity contribution in [3.05, 3.63) is 46.1 Å². The molecule has 2 unspecified atom stereocenters. The molecule has 7 heteroatoms. The lowest BCUT2D eigenvalue weighted by atomic mass is 10.0. The van der Waals surface area contributed by atoms with Crippen molar-refractivity contribution in [3.8, 4) is 0 Å². The molecule has 0 bridgehead atoms. The van der Waals surface area contributed by atoms with Crippen LogP contribution in [0.3, 0.4) is 0 Å². The maximum atomic E-state index is 14.0. The third kappa shape index (κ3) is 2.94. The molecule has 2 aromatic rings. The van der Waals surface area contributed by atoms with Gasteiger partial charge in [0.15, 0.2) is 5.16 Å². The summed E-state index contributed by atoms with van der Waals surface area (Å²) < 4.78 is 15.4. The predicted octanol–water partition coefficient (Wildman–Crippen LogP) is 1.82. The summed E-state index contributed by atoms with van der Waals surface area (Å²) in [5, 5.41) is 6.50. The number of aromatic nitrogens is 3. The number of nitrogens with one attached hydrogen (secondary N) is 1. The van der Waals surface area contributed by atoms with Crippen LogP contribution in [0.15, 0.2) is 34.2 Å². The van der Waals surface area contributed by atoms with E-state index in [0.29, 0.717) is 17.1 Å². The maximum absolute atomic E-state index is 14.0. The predicted molar refractivity (Wildman–Crippen MR) is 77.1 cm³/mol. The van der Waals surface area contributed by atoms with Crippen LogP contribution in [0.2, 0.25) is 0 Å². The molecular formula is C13H17FN4OS. The van der Waals surface area contributed by atoms with Gasteiger partial charge in [0, 0.05) is 18.7 Å². The first-order chi connectivity index (χ1) is 9.54. The SMILES string of the molecule is CCC(N)C(Sc1n[nH]c(=O)n1C)c1ccccc1F. The molecule has 0 radical (unpaired) electrons. The zero-order valence-electron chi connectivity index (χ0n) is 11.3. The van der Waals surface area contributed by atoms with Crippen LogP contribution in [0.4, 0.5) is 4.39 Å².